The van der Waals surface area contributed by atoms with Gasteiger partial charge in [0.1, 0.15) is 6.04 Å². The summed E-state index contributed by atoms with van der Waals surface area (Å²) >= 11 is 0. The number of H-pyrrole nitrogens is 1. The Balaban J connectivity index is 1.51. The topological polar surface area (TPSA) is 106 Å². The Morgan fingerprint density at radius 3 is 2.75 bits per heavy atom. The van der Waals surface area contributed by atoms with Crippen molar-refractivity contribution < 1.29 is 14.4 Å². The lowest BCUT2D eigenvalue weighted by molar-refractivity contribution is -0.157. The molecule has 28 heavy (non-hydrogen) atoms. The van der Waals surface area contributed by atoms with Crippen LogP contribution < -0.4 is 10.9 Å². The molecule has 2 fully saturated rings. The van der Waals surface area contributed by atoms with Gasteiger partial charge in [-0.15, -0.1) is 0 Å². The van der Waals surface area contributed by atoms with Crippen LogP contribution in [0.5, 0.6) is 0 Å². The summed E-state index contributed by atoms with van der Waals surface area (Å²) in [5, 5.41) is 3.72. The van der Waals surface area contributed by atoms with Gasteiger partial charge in [0, 0.05) is 37.3 Å². The molecule has 2 aromatic rings. The lowest BCUT2D eigenvalue weighted by Gasteiger charge is -2.45. The van der Waals surface area contributed by atoms with Crippen LogP contribution in [0.2, 0.25) is 0 Å². The molecule has 0 unspecified atom stereocenters. The predicted octanol–water partition coefficient (Wildman–Crippen LogP) is 0.353. The van der Waals surface area contributed by atoms with E-state index in [9.17, 15) is 19.2 Å². The first-order valence-corrected chi connectivity index (χ1v) is 9.07. The number of aromatic nitrogens is 1. The Morgan fingerprint density at radius 1 is 1.18 bits per heavy atom. The molecule has 1 aromatic heterocycles. The molecule has 2 N–H and O–H groups in total. The number of anilines is 1. The van der Waals surface area contributed by atoms with Gasteiger partial charge in [-0.3, -0.25) is 14.4 Å². The number of fused-ring (bicyclic) bond motifs is 2. The minimum Gasteiger partial charge on any atom is -0.335 e. The average Bonchev–Trinajstić information content (AvgIpc) is 2.65. The van der Waals surface area contributed by atoms with Crippen molar-refractivity contribution in [2.24, 2.45) is 0 Å². The third-order valence-electron chi connectivity index (χ3n) is 5.32. The van der Waals surface area contributed by atoms with Crippen LogP contribution in [0.25, 0.3) is 10.9 Å². The molecule has 0 saturated carbocycles. The fourth-order valence-electron chi connectivity index (χ4n) is 3.82. The standard InChI is InChI=1S/C19H21N5O4/c1-11-7-16(25)21-14-8-12(3-4-13(11)14)20-19(28)23-5-6-24-15(9-23)18(27)22(2)10-17(24)26/h3-4,7-8,15H,5-6,9-10H2,1-2H3,(H,20,28)(H,21,25)/t15-/m1/s1. The number of hydrogen-bond donors (Lipinski definition) is 2. The number of aryl methyl sites for hydroxylation is 1. The molecule has 2 aliphatic heterocycles. The van der Waals surface area contributed by atoms with E-state index in [1.807, 2.05) is 13.0 Å². The highest BCUT2D eigenvalue weighted by atomic mass is 16.2. The van der Waals surface area contributed by atoms with Crippen LogP contribution in [0.15, 0.2) is 29.1 Å². The molecule has 3 heterocycles. The number of carbonyl (C=O) groups excluding carboxylic acids is 3. The zero-order chi connectivity index (χ0) is 20.0. The molecule has 0 aliphatic carbocycles. The average molecular weight is 383 g/mol. The van der Waals surface area contributed by atoms with Gasteiger partial charge in [-0.1, -0.05) is 6.07 Å². The number of hydrogen-bond acceptors (Lipinski definition) is 4. The first kappa shape index (κ1) is 18.0. The molecular weight excluding hydrogens is 362 g/mol. The van der Waals surface area contributed by atoms with Crippen molar-refractivity contribution in [3.63, 3.8) is 0 Å². The van der Waals surface area contributed by atoms with Gasteiger partial charge in [-0.25, -0.2) is 4.79 Å². The molecule has 0 bridgehead atoms. The summed E-state index contributed by atoms with van der Waals surface area (Å²) in [6.07, 6.45) is 0. The minimum absolute atomic E-state index is 0.0796. The molecular formula is C19H21N5O4. The number of amides is 4. The maximum Gasteiger partial charge on any atom is 0.321 e. The Kier molecular flexibility index (Phi) is 4.29. The van der Waals surface area contributed by atoms with Crippen molar-refractivity contribution in [2.45, 2.75) is 13.0 Å². The van der Waals surface area contributed by atoms with Crippen LogP contribution in [-0.4, -0.2) is 76.8 Å². The Morgan fingerprint density at radius 2 is 1.96 bits per heavy atom. The fraction of sp³-hybridized carbons (Fsp3) is 0.368. The highest BCUT2D eigenvalue weighted by Gasteiger charge is 2.42. The SMILES string of the molecule is Cc1cc(=O)[nH]c2cc(NC(=O)N3CCN4C(=O)CN(C)C(=O)[C@H]4C3)ccc12. The number of urea groups is 1. The Labute approximate surface area is 160 Å². The third kappa shape index (κ3) is 3.08. The largest absolute Gasteiger partial charge is 0.335 e. The summed E-state index contributed by atoms with van der Waals surface area (Å²) in [5.74, 6) is -0.253. The van der Waals surface area contributed by atoms with Gasteiger partial charge in [0.25, 0.3) is 0 Å². The lowest BCUT2D eigenvalue weighted by atomic mass is 10.1. The van der Waals surface area contributed by atoms with Crippen LogP contribution in [0, 0.1) is 6.92 Å². The van der Waals surface area contributed by atoms with E-state index in [1.165, 1.54) is 15.9 Å². The second kappa shape index (κ2) is 6.66. The van der Waals surface area contributed by atoms with Gasteiger partial charge in [-0.05, 0) is 24.6 Å². The van der Waals surface area contributed by atoms with Crippen LogP contribution in [0.3, 0.4) is 0 Å². The number of nitrogens with zero attached hydrogens (tertiary/aromatic N) is 3. The molecule has 146 valence electrons. The van der Waals surface area contributed by atoms with Crippen molar-refractivity contribution in [1.82, 2.24) is 19.7 Å². The molecule has 2 aliphatic rings. The van der Waals surface area contributed by atoms with Crippen molar-refractivity contribution in [1.29, 1.82) is 0 Å². The van der Waals surface area contributed by atoms with Gasteiger partial charge in [0.2, 0.25) is 17.4 Å². The number of aromatic amines is 1. The van der Waals surface area contributed by atoms with E-state index in [4.69, 9.17) is 0 Å². The van der Waals surface area contributed by atoms with Crippen molar-refractivity contribution in [2.75, 3.05) is 38.5 Å². The van der Waals surface area contributed by atoms with Crippen LogP contribution >= 0.6 is 0 Å². The van der Waals surface area contributed by atoms with Gasteiger partial charge in [-0.2, -0.15) is 0 Å². The third-order valence-corrected chi connectivity index (χ3v) is 5.32. The molecule has 0 spiro atoms. The normalized spacial score (nSPS) is 19.8. The Bertz CT molecular complexity index is 1050. The molecule has 0 radical (unpaired) electrons. The van der Waals surface area contributed by atoms with Crippen LogP contribution in [-0.2, 0) is 9.59 Å². The van der Waals surface area contributed by atoms with Crippen molar-refractivity contribution in [3.05, 3.63) is 40.2 Å². The molecule has 9 heteroatoms. The predicted molar refractivity (Wildman–Crippen MR) is 103 cm³/mol. The van der Waals surface area contributed by atoms with Crippen molar-refractivity contribution in [3.8, 4) is 0 Å². The van der Waals surface area contributed by atoms with Gasteiger partial charge >= 0.3 is 6.03 Å². The monoisotopic (exact) mass is 383 g/mol. The summed E-state index contributed by atoms with van der Waals surface area (Å²) in [4.78, 5) is 56.1. The molecule has 1 aromatic carbocycles. The number of benzene rings is 1. The van der Waals surface area contributed by atoms with E-state index < -0.39 is 6.04 Å². The molecule has 2 saturated heterocycles. The summed E-state index contributed by atoms with van der Waals surface area (Å²) in [6.45, 7) is 2.78. The number of pyridine rings is 1. The number of piperazine rings is 2. The quantitative estimate of drug-likeness (QED) is 0.741. The minimum atomic E-state index is -0.638. The maximum absolute atomic E-state index is 12.7. The number of nitrogens with one attached hydrogen (secondary N) is 2. The smallest absolute Gasteiger partial charge is 0.321 e. The van der Waals surface area contributed by atoms with E-state index in [0.717, 1.165) is 10.9 Å². The highest BCUT2D eigenvalue weighted by Crippen LogP contribution is 2.21. The van der Waals surface area contributed by atoms with Gasteiger partial charge in [0.05, 0.1) is 18.6 Å². The summed E-state index contributed by atoms with van der Waals surface area (Å²) in [6, 6.07) is 5.86. The second-order valence-electron chi connectivity index (χ2n) is 7.25. The highest BCUT2D eigenvalue weighted by molar-refractivity contribution is 5.97. The molecule has 9 nitrogen and oxygen atoms in total. The molecule has 4 rings (SSSR count). The summed E-state index contributed by atoms with van der Waals surface area (Å²) in [5.41, 5.74) is 1.85. The number of carbonyl (C=O) groups is 3. The summed E-state index contributed by atoms with van der Waals surface area (Å²) in [7, 11) is 1.59. The van der Waals surface area contributed by atoms with E-state index in [2.05, 4.69) is 10.3 Å². The van der Waals surface area contributed by atoms with Gasteiger partial charge in [0.15, 0.2) is 0 Å². The number of likely N-dealkylation sites (N-methyl/N-ethyl adjacent to an activating group) is 1. The first-order chi connectivity index (χ1) is 13.3. The molecule has 1 atom stereocenters. The molecule has 4 amide bonds. The van der Waals surface area contributed by atoms with Gasteiger partial charge < -0.3 is 25.0 Å². The zero-order valence-electron chi connectivity index (χ0n) is 15.7. The zero-order valence-corrected chi connectivity index (χ0v) is 15.7. The Hall–Kier alpha value is -3.36. The lowest BCUT2D eigenvalue weighted by Crippen LogP contribution is -2.67. The first-order valence-electron chi connectivity index (χ1n) is 9.07. The van der Waals surface area contributed by atoms with E-state index in [-0.39, 0.29) is 36.5 Å². The van der Waals surface area contributed by atoms with Crippen LogP contribution in [0.1, 0.15) is 5.56 Å². The second-order valence-corrected chi connectivity index (χ2v) is 7.25. The fourth-order valence-corrected chi connectivity index (χ4v) is 3.82. The number of rotatable bonds is 1. The van der Waals surface area contributed by atoms with E-state index >= 15 is 0 Å². The maximum atomic E-state index is 12.7. The van der Waals surface area contributed by atoms with E-state index in [1.54, 1.807) is 24.1 Å². The summed E-state index contributed by atoms with van der Waals surface area (Å²) < 4.78 is 0. The van der Waals surface area contributed by atoms with Crippen molar-refractivity contribution >= 4 is 34.4 Å². The van der Waals surface area contributed by atoms with Crippen LogP contribution in [0.4, 0.5) is 10.5 Å². The van der Waals surface area contributed by atoms with E-state index in [0.29, 0.717) is 24.3 Å².